The molecule has 1 aromatic rings. The second-order valence-corrected chi connectivity index (χ2v) is 5.70. The number of hydrogen-bond donors (Lipinski definition) is 1. The molecule has 0 atom stereocenters. The fourth-order valence-electron chi connectivity index (χ4n) is 2.63. The molecule has 0 aliphatic carbocycles. The Bertz CT molecular complexity index is 469. The van der Waals surface area contributed by atoms with Gasteiger partial charge in [-0.05, 0) is 37.0 Å². The zero-order chi connectivity index (χ0) is 15.8. The first kappa shape index (κ1) is 16.7. The maximum absolute atomic E-state index is 12.0. The van der Waals surface area contributed by atoms with Crippen LogP contribution in [0.4, 0.5) is 5.82 Å². The summed E-state index contributed by atoms with van der Waals surface area (Å²) in [5.41, 5.74) is 1.16. The van der Waals surface area contributed by atoms with Gasteiger partial charge in [0.1, 0.15) is 5.82 Å². The number of carbonyl (C=O) groups excluding carboxylic acids is 1. The molecule has 1 amide bonds. The quantitative estimate of drug-likeness (QED) is 0.839. The second kappa shape index (κ2) is 8.73. The summed E-state index contributed by atoms with van der Waals surface area (Å²) in [5.74, 6) is 1.12. The van der Waals surface area contributed by atoms with Crippen molar-refractivity contribution < 1.29 is 9.53 Å². The summed E-state index contributed by atoms with van der Waals surface area (Å²) in [6.45, 7) is 7.47. The van der Waals surface area contributed by atoms with Gasteiger partial charge in [0.05, 0.1) is 13.2 Å². The fourth-order valence-corrected chi connectivity index (χ4v) is 2.63. The van der Waals surface area contributed by atoms with E-state index in [0.717, 1.165) is 56.9 Å². The highest BCUT2D eigenvalue weighted by molar-refractivity contribution is 5.76. The molecule has 5 nitrogen and oxygen atoms in total. The van der Waals surface area contributed by atoms with Crippen LogP contribution in [0.15, 0.2) is 18.3 Å². The van der Waals surface area contributed by atoms with Crippen LogP contribution in [0.5, 0.6) is 0 Å². The van der Waals surface area contributed by atoms with Crippen LogP contribution < -0.4 is 10.2 Å². The lowest BCUT2D eigenvalue weighted by molar-refractivity contribution is -0.121. The zero-order valence-electron chi connectivity index (χ0n) is 13.7. The number of morpholine rings is 1. The highest BCUT2D eigenvalue weighted by Gasteiger charge is 2.13. The SMILES string of the molecule is CCC(CC)NC(=O)CCc1ccnc(N2CCOCC2)c1. The Morgan fingerprint density at radius 2 is 2.09 bits per heavy atom. The number of aryl methyl sites for hydroxylation is 1. The van der Waals surface area contributed by atoms with Crippen molar-refractivity contribution in [1.29, 1.82) is 0 Å². The molecular weight excluding hydrogens is 278 g/mol. The minimum Gasteiger partial charge on any atom is -0.378 e. The summed E-state index contributed by atoms with van der Waals surface area (Å²) < 4.78 is 5.37. The van der Waals surface area contributed by atoms with Crippen LogP contribution in [0.3, 0.4) is 0 Å². The van der Waals surface area contributed by atoms with E-state index in [1.165, 1.54) is 0 Å². The number of amides is 1. The maximum Gasteiger partial charge on any atom is 0.220 e. The number of nitrogens with one attached hydrogen (secondary N) is 1. The van der Waals surface area contributed by atoms with Crippen LogP contribution in [0, 0.1) is 0 Å². The van der Waals surface area contributed by atoms with E-state index in [2.05, 4.69) is 35.1 Å². The van der Waals surface area contributed by atoms with Gasteiger partial charge >= 0.3 is 0 Å². The third kappa shape index (κ3) is 4.98. The molecule has 22 heavy (non-hydrogen) atoms. The lowest BCUT2D eigenvalue weighted by Gasteiger charge is -2.28. The molecule has 1 N–H and O–H groups in total. The van der Waals surface area contributed by atoms with Crippen molar-refractivity contribution >= 4 is 11.7 Å². The van der Waals surface area contributed by atoms with Gasteiger partial charge < -0.3 is 15.0 Å². The summed E-state index contributed by atoms with van der Waals surface area (Å²) in [5, 5.41) is 3.08. The van der Waals surface area contributed by atoms with Crippen LogP contribution >= 0.6 is 0 Å². The number of aromatic nitrogens is 1. The molecule has 1 aliphatic heterocycles. The molecule has 1 fully saturated rings. The highest BCUT2D eigenvalue weighted by Crippen LogP contribution is 2.15. The number of hydrogen-bond acceptors (Lipinski definition) is 4. The first-order valence-electron chi connectivity index (χ1n) is 8.30. The molecule has 1 aliphatic rings. The van der Waals surface area contributed by atoms with E-state index in [1.54, 1.807) is 0 Å². The predicted molar refractivity (Wildman–Crippen MR) is 88.1 cm³/mol. The fraction of sp³-hybridized carbons (Fsp3) is 0.647. The third-order valence-electron chi connectivity index (χ3n) is 4.14. The van der Waals surface area contributed by atoms with E-state index < -0.39 is 0 Å². The average molecular weight is 305 g/mol. The van der Waals surface area contributed by atoms with Gasteiger partial charge in [0.2, 0.25) is 5.91 Å². The van der Waals surface area contributed by atoms with Crippen LogP contribution in [0.2, 0.25) is 0 Å². The molecule has 5 heteroatoms. The van der Waals surface area contributed by atoms with Crippen molar-refractivity contribution in [3.05, 3.63) is 23.9 Å². The van der Waals surface area contributed by atoms with Crippen molar-refractivity contribution in [2.24, 2.45) is 0 Å². The third-order valence-corrected chi connectivity index (χ3v) is 4.14. The standard InChI is InChI=1S/C17H27N3O2/c1-3-15(4-2)19-17(21)6-5-14-7-8-18-16(13-14)20-9-11-22-12-10-20/h7-8,13,15H,3-6,9-12H2,1-2H3,(H,19,21). The summed E-state index contributed by atoms with van der Waals surface area (Å²) in [4.78, 5) is 18.6. The van der Waals surface area contributed by atoms with Crippen LogP contribution in [-0.4, -0.2) is 43.2 Å². The normalized spacial score (nSPS) is 15.1. The van der Waals surface area contributed by atoms with Gasteiger partial charge in [-0.3, -0.25) is 4.79 Å². The van der Waals surface area contributed by atoms with Gasteiger partial charge in [-0.2, -0.15) is 0 Å². The van der Waals surface area contributed by atoms with E-state index in [-0.39, 0.29) is 5.91 Å². The summed E-state index contributed by atoms with van der Waals surface area (Å²) in [7, 11) is 0. The van der Waals surface area contributed by atoms with E-state index in [1.807, 2.05) is 12.3 Å². The number of nitrogens with zero attached hydrogens (tertiary/aromatic N) is 2. The van der Waals surface area contributed by atoms with Gasteiger partial charge in [-0.25, -0.2) is 4.98 Å². The summed E-state index contributed by atoms with van der Waals surface area (Å²) in [6.07, 6.45) is 5.09. The zero-order valence-corrected chi connectivity index (χ0v) is 13.7. The molecular formula is C17H27N3O2. The van der Waals surface area contributed by atoms with Crippen molar-refractivity contribution in [2.45, 2.75) is 45.6 Å². The molecule has 122 valence electrons. The predicted octanol–water partition coefficient (Wildman–Crippen LogP) is 2.16. The number of anilines is 1. The Morgan fingerprint density at radius 3 is 2.77 bits per heavy atom. The number of pyridine rings is 1. The second-order valence-electron chi connectivity index (χ2n) is 5.70. The minimum absolute atomic E-state index is 0.137. The molecule has 0 bridgehead atoms. The lowest BCUT2D eigenvalue weighted by Crippen LogP contribution is -2.36. The molecule has 2 rings (SSSR count). The topological polar surface area (TPSA) is 54.5 Å². The van der Waals surface area contributed by atoms with Crippen molar-refractivity contribution in [3.63, 3.8) is 0 Å². The van der Waals surface area contributed by atoms with E-state index in [4.69, 9.17) is 4.74 Å². The van der Waals surface area contributed by atoms with Crippen molar-refractivity contribution in [3.8, 4) is 0 Å². The Labute approximate surface area is 133 Å². The summed E-state index contributed by atoms with van der Waals surface area (Å²) >= 11 is 0. The molecule has 1 saturated heterocycles. The van der Waals surface area contributed by atoms with Crippen LogP contribution in [0.25, 0.3) is 0 Å². The minimum atomic E-state index is 0.137. The lowest BCUT2D eigenvalue weighted by atomic mass is 10.1. The first-order valence-corrected chi connectivity index (χ1v) is 8.30. The van der Waals surface area contributed by atoms with Gasteiger partial charge in [0.25, 0.3) is 0 Å². The van der Waals surface area contributed by atoms with E-state index in [9.17, 15) is 4.79 Å². The molecule has 0 spiro atoms. The maximum atomic E-state index is 12.0. The molecule has 2 heterocycles. The molecule has 0 radical (unpaired) electrons. The number of carbonyl (C=O) groups is 1. The Kier molecular flexibility index (Phi) is 6.65. The van der Waals surface area contributed by atoms with Crippen LogP contribution in [-0.2, 0) is 16.0 Å². The smallest absolute Gasteiger partial charge is 0.220 e. The molecule has 1 aromatic heterocycles. The highest BCUT2D eigenvalue weighted by atomic mass is 16.5. The Balaban J connectivity index is 1.86. The van der Waals surface area contributed by atoms with Gasteiger partial charge in [-0.1, -0.05) is 13.8 Å². The van der Waals surface area contributed by atoms with E-state index in [0.29, 0.717) is 12.5 Å². The van der Waals surface area contributed by atoms with Crippen LogP contribution in [0.1, 0.15) is 38.7 Å². The van der Waals surface area contributed by atoms with Crippen molar-refractivity contribution in [2.75, 3.05) is 31.2 Å². The molecule has 0 unspecified atom stereocenters. The number of ether oxygens (including phenoxy) is 1. The van der Waals surface area contributed by atoms with Gasteiger partial charge in [0, 0.05) is 31.7 Å². The number of rotatable bonds is 7. The average Bonchev–Trinajstić information content (AvgIpc) is 2.59. The van der Waals surface area contributed by atoms with Gasteiger partial charge in [0.15, 0.2) is 0 Å². The van der Waals surface area contributed by atoms with Gasteiger partial charge in [-0.15, -0.1) is 0 Å². The Hall–Kier alpha value is -1.62. The molecule has 0 saturated carbocycles. The Morgan fingerprint density at radius 1 is 1.36 bits per heavy atom. The molecule has 0 aromatic carbocycles. The van der Waals surface area contributed by atoms with E-state index >= 15 is 0 Å². The summed E-state index contributed by atoms with van der Waals surface area (Å²) in [6, 6.07) is 4.39. The largest absolute Gasteiger partial charge is 0.378 e. The first-order chi connectivity index (χ1) is 10.7. The van der Waals surface area contributed by atoms with Crippen molar-refractivity contribution in [1.82, 2.24) is 10.3 Å². The monoisotopic (exact) mass is 305 g/mol.